The van der Waals surface area contributed by atoms with Gasteiger partial charge in [-0.15, -0.1) is 11.3 Å². The van der Waals surface area contributed by atoms with Crippen molar-refractivity contribution in [2.75, 3.05) is 26.2 Å². The molecular weight excluding hydrogens is 398 g/mol. The molecule has 1 amide bonds. The van der Waals surface area contributed by atoms with Crippen molar-refractivity contribution in [3.63, 3.8) is 0 Å². The van der Waals surface area contributed by atoms with Crippen molar-refractivity contribution < 1.29 is 19.2 Å². The topological polar surface area (TPSA) is 88.3 Å². The van der Waals surface area contributed by atoms with E-state index >= 15 is 0 Å². The fourth-order valence-electron chi connectivity index (χ4n) is 3.70. The van der Waals surface area contributed by atoms with Crippen molar-refractivity contribution in [1.29, 1.82) is 0 Å². The number of aromatic nitrogens is 3. The molecule has 1 aliphatic rings. The average molecular weight is 417 g/mol. The Kier molecular flexibility index (Phi) is 4.38. The summed E-state index contributed by atoms with van der Waals surface area (Å²) in [5.74, 6) is 0.456. The number of piperazine rings is 1. The highest BCUT2D eigenvalue weighted by atomic mass is 32.1. The van der Waals surface area contributed by atoms with E-state index in [-0.39, 0.29) is 17.8 Å². The monoisotopic (exact) mass is 416 g/mol. The average Bonchev–Trinajstić information content (AvgIpc) is 3.51. The van der Waals surface area contributed by atoms with Crippen molar-refractivity contribution >= 4 is 33.5 Å². The van der Waals surface area contributed by atoms with Crippen molar-refractivity contribution in [2.45, 2.75) is 6.04 Å². The molecule has 28 heavy (non-hydrogen) atoms. The number of nitrogens with one attached hydrogen (secondary N) is 1. The quantitative estimate of drug-likeness (QED) is 0.523. The molecule has 0 aliphatic carbocycles. The van der Waals surface area contributed by atoms with Gasteiger partial charge in [0.25, 0.3) is 5.91 Å². The second-order valence-electron chi connectivity index (χ2n) is 6.62. The van der Waals surface area contributed by atoms with Gasteiger partial charge < -0.3 is 19.3 Å². The van der Waals surface area contributed by atoms with Crippen LogP contribution < -0.4 is 4.90 Å². The zero-order valence-electron chi connectivity index (χ0n) is 14.8. The van der Waals surface area contributed by atoms with Gasteiger partial charge in [0.2, 0.25) is 10.8 Å². The van der Waals surface area contributed by atoms with E-state index in [2.05, 4.69) is 16.1 Å². The molecule has 10 heteroatoms. The summed E-state index contributed by atoms with van der Waals surface area (Å²) in [5.41, 5.74) is 0. The van der Waals surface area contributed by atoms with E-state index in [0.29, 0.717) is 23.8 Å². The first-order valence-electron chi connectivity index (χ1n) is 8.94. The Morgan fingerprint density at radius 3 is 2.82 bits per heavy atom. The fraction of sp³-hybridized carbons (Fsp3) is 0.278. The molecule has 0 aromatic carbocycles. The van der Waals surface area contributed by atoms with Gasteiger partial charge in [-0.1, -0.05) is 17.4 Å². The van der Waals surface area contributed by atoms with E-state index in [1.807, 2.05) is 16.3 Å². The van der Waals surface area contributed by atoms with Crippen LogP contribution in [0.2, 0.25) is 0 Å². The minimum Gasteiger partial charge on any atom is -0.492 e. The minimum atomic E-state index is -0.0710. The summed E-state index contributed by atoms with van der Waals surface area (Å²) in [6, 6.07) is 7.54. The molecule has 4 aromatic rings. The van der Waals surface area contributed by atoms with Gasteiger partial charge in [-0.25, -0.2) is 4.98 Å². The molecule has 5 rings (SSSR count). The number of carbonyl (C=O) groups excluding carboxylic acids is 1. The van der Waals surface area contributed by atoms with Crippen LogP contribution in [0.1, 0.15) is 26.4 Å². The summed E-state index contributed by atoms with van der Waals surface area (Å²) in [5, 5.41) is 16.9. The Balaban J connectivity index is 1.41. The highest BCUT2D eigenvalue weighted by molar-refractivity contribution is 7.17. The molecule has 2 N–H and O–H groups in total. The van der Waals surface area contributed by atoms with Crippen molar-refractivity contribution in [1.82, 2.24) is 19.5 Å². The normalized spacial score (nSPS) is 16.6. The summed E-state index contributed by atoms with van der Waals surface area (Å²) < 4.78 is 6.73. The van der Waals surface area contributed by atoms with Crippen LogP contribution in [0.4, 0.5) is 0 Å². The van der Waals surface area contributed by atoms with Gasteiger partial charge >= 0.3 is 0 Å². The van der Waals surface area contributed by atoms with E-state index in [0.717, 1.165) is 18.0 Å². The lowest BCUT2D eigenvalue weighted by atomic mass is 10.1. The molecule has 1 unspecified atom stereocenters. The number of rotatable bonds is 4. The van der Waals surface area contributed by atoms with E-state index in [1.54, 1.807) is 23.5 Å². The zero-order chi connectivity index (χ0) is 19.1. The Morgan fingerprint density at radius 2 is 2.14 bits per heavy atom. The summed E-state index contributed by atoms with van der Waals surface area (Å²) in [6.07, 6.45) is 2.97. The Bertz CT molecular complexity index is 1080. The largest absolute Gasteiger partial charge is 0.492 e. The van der Waals surface area contributed by atoms with Gasteiger partial charge in [0, 0.05) is 0 Å². The molecule has 1 aliphatic heterocycles. The van der Waals surface area contributed by atoms with E-state index in [4.69, 9.17) is 4.42 Å². The lowest BCUT2D eigenvalue weighted by molar-refractivity contribution is -0.928. The Hall–Kier alpha value is -2.69. The molecule has 8 nitrogen and oxygen atoms in total. The Morgan fingerprint density at radius 1 is 1.29 bits per heavy atom. The molecular formula is C18H18N5O3S2+. The number of aromatic hydroxyl groups is 1. The second kappa shape index (κ2) is 7.04. The second-order valence-corrected chi connectivity index (χ2v) is 8.61. The molecule has 0 bridgehead atoms. The highest BCUT2D eigenvalue weighted by Gasteiger charge is 2.36. The maximum Gasteiger partial charge on any atom is 0.289 e. The van der Waals surface area contributed by atoms with E-state index in [1.165, 1.54) is 38.2 Å². The van der Waals surface area contributed by atoms with E-state index in [9.17, 15) is 9.90 Å². The summed E-state index contributed by atoms with van der Waals surface area (Å²) in [6.45, 7) is 2.83. The van der Waals surface area contributed by atoms with Crippen LogP contribution in [0.15, 0.2) is 46.7 Å². The highest BCUT2D eigenvalue weighted by Crippen LogP contribution is 2.36. The molecule has 4 aromatic heterocycles. The van der Waals surface area contributed by atoms with Gasteiger partial charge in [-0.2, -0.15) is 9.61 Å². The third kappa shape index (κ3) is 2.89. The molecule has 0 saturated carbocycles. The first kappa shape index (κ1) is 17.4. The third-order valence-electron chi connectivity index (χ3n) is 5.06. The first-order valence-corrected chi connectivity index (χ1v) is 10.6. The number of quaternary nitrogens is 1. The minimum absolute atomic E-state index is 0.00522. The summed E-state index contributed by atoms with van der Waals surface area (Å²) >= 11 is 3.14. The first-order chi connectivity index (χ1) is 13.7. The van der Waals surface area contributed by atoms with Gasteiger partial charge in [0.1, 0.15) is 11.2 Å². The van der Waals surface area contributed by atoms with Crippen LogP contribution in [-0.2, 0) is 0 Å². The van der Waals surface area contributed by atoms with Crippen LogP contribution in [-0.4, -0.2) is 56.7 Å². The third-order valence-corrected chi connectivity index (χ3v) is 7.10. The standard InChI is InChI=1S/C18H17N5O3S2/c24-16(12-3-1-9-26-12)22-7-5-21(6-8-22)14(13-4-2-10-27-13)15-17(25)23-18(28-15)19-11-20-23/h1-4,9-11,14,25H,5-8H2/p+1. The number of fused-ring (bicyclic) bond motifs is 1. The van der Waals surface area contributed by atoms with E-state index < -0.39 is 0 Å². The number of nitrogens with zero attached hydrogens (tertiary/aromatic N) is 4. The number of furan rings is 1. The lowest BCUT2D eigenvalue weighted by Crippen LogP contribution is -3.15. The van der Waals surface area contributed by atoms with Gasteiger partial charge in [0.05, 0.1) is 37.3 Å². The maximum atomic E-state index is 12.5. The van der Waals surface area contributed by atoms with Crippen LogP contribution >= 0.6 is 22.7 Å². The molecule has 1 atom stereocenters. The number of hydrogen-bond donors (Lipinski definition) is 2. The summed E-state index contributed by atoms with van der Waals surface area (Å²) in [4.78, 5) is 22.6. The smallest absolute Gasteiger partial charge is 0.289 e. The van der Waals surface area contributed by atoms with Crippen LogP contribution in [0.5, 0.6) is 5.88 Å². The van der Waals surface area contributed by atoms with Crippen molar-refractivity contribution in [3.05, 3.63) is 57.8 Å². The van der Waals surface area contributed by atoms with Crippen LogP contribution in [0.25, 0.3) is 4.96 Å². The van der Waals surface area contributed by atoms with Crippen molar-refractivity contribution in [3.8, 4) is 5.88 Å². The number of carbonyl (C=O) groups is 1. The zero-order valence-corrected chi connectivity index (χ0v) is 16.4. The predicted molar refractivity (Wildman–Crippen MR) is 104 cm³/mol. The number of amides is 1. The van der Waals surface area contributed by atoms with Gasteiger partial charge in [-0.05, 0) is 23.6 Å². The number of thiazole rings is 1. The van der Waals surface area contributed by atoms with Gasteiger partial charge in [-0.3, -0.25) is 4.79 Å². The molecule has 5 heterocycles. The SMILES string of the molecule is O=C(c1ccco1)N1CC[NH+](C(c2cccs2)c2sc3ncnn3c2O)CC1. The maximum absolute atomic E-state index is 12.5. The number of hydrogen-bond acceptors (Lipinski definition) is 7. The molecule has 144 valence electrons. The number of thiophene rings is 1. The fourth-order valence-corrected chi connectivity index (χ4v) is 5.77. The summed E-state index contributed by atoms with van der Waals surface area (Å²) in [7, 11) is 0. The Labute approximate surface area is 168 Å². The molecule has 1 saturated heterocycles. The predicted octanol–water partition coefficient (Wildman–Crippen LogP) is 1.28. The van der Waals surface area contributed by atoms with Crippen molar-refractivity contribution in [2.24, 2.45) is 0 Å². The molecule has 0 spiro atoms. The van der Waals surface area contributed by atoms with Crippen LogP contribution in [0.3, 0.4) is 0 Å². The molecule has 0 radical (unpaired) electrons. The van der Waals surface area contributed by atoms with Crippen LogP contribution in [0, 0.1) is 0 Å². The molecule has 1 fully saturated rings. The van der Waals surface area contributed by atoms with Gasteiger partial charge in [0.15, 0.2) is 11.8 Å². The lowest BCUT2D eigenvalue weighted by Gasteiger charge is -2.35.